The summed E-state index contributed by atoms with van der Waals surface area (Å²) in [6, 6.07) is 5.05. The summed E-state index contributed by atoms with van der Waals surface area (Å²) in [6.45, 7) is 0.937. The minimum absolute atomic E-state index is 0. The van der Waals surface area contributed by atoms with Crippen molar-refractivity contribution in [2.45, 2.75) is 28.2 Å². The van der Waals surface area contributed by atoms with Crippen LogP contribution in [0.25, 0.3) is 0 Å². The van der Waals surface area contributed by atoms with Gasteiger partial charge in [0.25, 0.3) is 0 Å². The zero-order chi connectivity index (χ0) is 34.2. The van der Waals surface area contributed by atoms with E-state index in [1.54, 1.807) is 18.2 Å². The molecule has 0 amide bonds. The molecule has 2 atom stereocenters. The second-order valence-corrected chi connectivity index (χ2v) is 12.0. The molecule has 0 bridgehead atoms. The maximum Gasteiger partial charge on any atom is 3.00 e. The third-order valence-corrected chi connectivity index (χ3v) is 6.29. The molecule has 29 heteroatoms. The fraction of sp³-hybridized carbons (Fsp3) is 0.600. The molecule has 0 aromatic heterocycles. The van der Waals surface area contributed by atoms with Gasteiger partial charge in [0, 0.05) is 13.1 Å². The number of hydrogen-bond acceptors (Lipinski definition) is 13. The summed E-state index contributed by atoms with van der Waals surface area (Å²) in [4.78, 5) is 0. The Morgan fingerprint density at radius 2 is 1.18 bits per heavy atom. The predicted molar refractivity (Wildman–Crippen MR) is 130 cm³/mol. The molecule has 3 N–H and O–H groups in total. The monoisotopic (exact) mass is 983 g/mol. The second-order valence-electron chi connectivity index (χ2n) is 7.06. The van der Waals surface area contributed by atoms with E-state index in [9.17, 15) is 49.7 Å². The fourth-order valence-electron chi connectivity index (χ4n) is 2.02. The van der Waals surface area contributed by atoms with E-state index in [0.29, 0.717) is 28.8 Å². The molecule has 260 valence electrons. The van der Waals surface area contributed by atoms with Crippen LogP contribution in [0.2, 0.25) is 10.0 Å². The van der Waals surface area contributed by atoms with E-state index in [-0.39, 0.29) is 45.2 Å². The number of nitrogens with one attached hydrogen (secondary N) is 1. The fourth-order valence-corrected chi connectivity index (χ4v) is 2.33. The normalized spacial score (nSPS) is 19.5. The first-order valence-electron chi connectivity index (χ1n) is 9.48. The van der Waals surface area contributed by atoms with Crippen LogP contribution in [-0.2, 0) is 35.1 Å². The number of rotatable bonds is 2. The molecular weight excluding hydrogens is 969 g/mol. The minimum Gasteiger partial charge on any atom is -0.741 e. The van der Waals surface area contributed by atoms with Crippen LogP contribution in [0.15, 0.2) is 18.2 Å². The molecule has 1 aliphatic rings. The zero-order valence-electron chi connectivity index (χ0n) is 20.4. The van der Waals surface area contributed by atoms with E-state index in [0.717, 1.165) is 0 Å². The molecule has 0 spiro atoms. The van der Waals surface area contributed by atoms with Crippen molar-refractivity contribution in [1.82, 2.24) is 5.32 Å². The van der Waals surface area contributed by atoms with E-state index >= 15 is 0 Å². The average molecular weight is 985 g/mol. The molecule has 44 heavy (non-hydrogen) atoms. The number of hydrogen-bond donors (Lipinski definition) is 3. The van der Waals surface area contributed by atoms with Gasteiger partial charge >= 0.3 is 42.7 Å². The standard InChI is InChI=1S/C12H15Cl2NO3.3CHF3O3S.Bi.ClH/c13-9-2-1-8(5-10(9)14)11-12(17,7-16)6-15-3-4-18-11;3*2-1(3,4)8(5,6)7;;/h1-2,5,11,15-17H,3-4,6-7H2;3*(H,5,6,7);;1H/q;;;;+3;/p-3. The summed E-state index contributed by atoms with van der Waals surface area (Å²) in [5.41, 5.74) is -17.6. The molecule has 2 radical (unpaired) electrons. The number of alkyl halides is 9. The van der Waals surface area contributed by atoms with E-state index < -0.39 is 65.2 Å². The molecular formula is C15H16BiCl3F9NO12S3. The Morgan fingerprint density at radius 1 is 0.841 bits per heavy atom. The number of aliphatic hydroxyl groups is 2. The van der Waals surface area contributed by atoms with Gasteiger partial charge < -0.3 is 33.9 Å². The first-order valence-corrected chi connectivity index (χ1v) is 14.5. The van der Waals surface area contributed by atoms with Gasteiger partial charge in [-0.15, -0.1) is 12.4 Å². The molecule has 1 saturated heterocycles. The van der Waals surface area contributed by atoms with Gasteiger partial charge in [-0.25, -0.2) is 25.3 Å². The molecule has 13 nitrogen and oxygen atoms in total. The summed E-state index contributed by atoms with van der Waals surface area (Å²) < 4.78 is 182. The van der Waals surface area contributed by atoms with Crippen LogP contribution in [0.3, 0.4) is 0 Å². The van der Waals surface area contributed by atoms with Gasteiger partial charge in [0.15, 0.2) is 30.4 Å². The van der Waals surface area contributed by atoms with Gasteiger partial charge in [-0.1, -0.05) is 29.3 Å². The van der Waals surface area contributed by atoms with Gasteiger partial charge in [-0.2, -0.15) is 39.5 Å². The van der Waals surface area contributed by atoms with Gasteiger partial charge in [-0.3, -0.25) is 0 Å². The molecule has 1 aromatic rings. The molecule has 1 aromatic carbocycles. The Balaban J connectivity index is -0.000000263. The number of ether oxygens (including phenoxy) is 1. The van der Waals surface area contributed by atoms with Crippen LogP contribution in [-0.4, -0.2) is 124 Å². The Labute approximate surface area is 277 Å². The van der Waals surface area contributed by atoms with Crippen LogP contribution >= 0.6 is 35.6 Å². The van der Waals surface area contributed by atoms with Gasteiger partial charge in [0.2, 0.25) is 0 Å². The Hall–Kier alpha value is -0.0869. The van der Waals surface area contributed by atoms with E-state index in [4.69, 9.17) is 66.9 Å². The quantitative estimate of drug-likeness (QED) is 0.166. The van der Waals surface area contributed by atoms with Crippen molar-refractivity contribution < 1.29 is 93.4 Å². The van der Waals surface area contributed by atoms with Crippen molar-refractivity contribution in [3.8, 4) is 0 Å². The average Bonchev–Trinajstić information content (AvgIpc) is 2.95. The SMILES string of the molecule is Cl.O=S(=O)([O-])C(F)(F)F.O=S(=O)([O-])C(F)(F)F.O=S(=O)([O-])C(F)(F)F.OCC1(O)CNCCOC1c1ccc(Cl)c(Cl)c1.[Bi+3]. The molecule has 0 aliphatic carbocycles. The van der Waals surface area contributed by atoms with E-state index in [2.05, 4.69) is 5.32 Å². The maximum atomic E-state index is 10.7. The summed E-state index contributed by atoms with van der Waals surface area (Å²) in [5.74, 6) is 0. The first kappa shape index (κ1) is 50.8. The second kappa shape index (κ2) is 19.0. The summed E-state index contributed by atoms with van der Waals surface area (Å²) in [6.07, 6.45) is -0.632. The number of benzene rings is 1. The van der Waals surface area contributed by atoms with Crippen LogP contribution < -0.4 is 5.32 Å². The summed E-state index contributed by atoms with van der Waals surface area (Å²) >= 11 is 11.8. The summed E-state index contributed by atoms with van der Waals surface area (Å²) in [7, 11) is -18.3. The Morgan fingerprint density at radius 3 is 1.45 bits per heavy atom. The van der Waals surface area contributed by atoms with Crippen molar-refractivity contribution >= 4 is 92.2 Å². The Bertz CT molecular complexity index is 1250. The van der Waals surface area contributed by atoms with Crippen LogP contribution in [0, 0.1) is 0 Å². The molecule has 1 aliphatic heterocycles. The van der Waals surface area contributed by atoms with Gasteiger partial charge in [0.1, 0.15) is 11.7 Å². The van der Waals surface area contributed by atoms with E-state index in [1.165, 1.54) is 0 Å². The molecule has 2 unspecified atom stereocenters. The first-order chi connectivity index (χ1) is 18.3. The number of aliphatic hydroxyl groups excluding tert-OH is 1. The number of halogens is 12. The van der Waals surface area contributed by atoms with Crippen molar-refractivity contribution in [3.63, 3.8) is 0 Å². The van der Waals surface area contributed by atoms with Crippen LogP contribution in [0.1, 0.15) is 11.7 Å². The third kappa shape index (κ3) is 18.3. The summed E-state index contributed by atoms with van der Waals surface area (Å²) in [5, 5.41) is 23.7. The van der Waals surface area contributed by atoms with Crippen molar-refractivity contribution in [2.24, 2.45) is 0 Å². The third-order valence-electron chi connectivity index (χ3n) is 3.85. The maximum absolute atomic E-state index is 10.7. The predicted octanol–water partition coefficient (Wildman–Crippen LogP) is 1.57. The molecule has 2 rings (SSSR count). The smallest absolute Gasteiger partial charge is 0.741 e. The molecule has 0 saturated carbocycles. The minimum atomic E-state index is -6.09. The van der Waals surface area contributed by atoms with Crippen molar-refractivity contribution in [1.29, 1.82) is 0 Å². The van der Waals surface area contributed by atoms with Crippen LogP contribution in [0.4, 0.5) is 39.5 Å². The van der Waals surface area contributed by atoms with Crippen molar-refractivity contribution in [2.75, 3.05) is 26.3 Å². The number of β-amino-alcohol motifs (C(OH)–C–C–N with tert-alkyl or cyclic N) is 1. The zero-order valence-corrected chi connectivity index (χ0v) is 28.6. The van der Waals surface area contributed by atoms with E-state index in [1.807, 2.05) is 0 Å². The van der Waals surface area contributed by atoms with Crippen molar-refractivity contribution in [3.05, 3.63) is 33.8 Å². The molecule has 1 fully saturated rings. The largest absolute Gasteiger partial charge is 3.00 e. The van der Waals surface area contributed by atoms with Crippen LogP contribution in [0.5, 0.6) is 0 Å². The van der Waals surface area contributed by atoms with Gasteiger partial charge in [0.05, 0.1) is 23.3 Å². The topological polar surface area (TPSA) is 233 Å². The Kier molecular flexibility index (Phi) is 22.0. The van der Waals surface area contributed by atoms with Gasteiger partial charge in [-0.05, 0) is 17.7 Å². The molecule has 1 heterocycles.